The van der Waals surface area contributed by atoms with Gasteiger partial charge in [-0.25, -0.2) is 4.98 Å². The molecule has 2 amide bonds. The fourth-order valence-electron chi connectivity index (χ4n) is 4.12. The van der Waals surface area contributed by atoms with Gasteiger partial charge in [0.05, 0.1) is 24.5 Å². The van der Waals surface area contributed by atoms with Crippen molar-refractivity contribution in [3.05, 3.63) is 53.9 Å². The molecule has 0 radical (unpaired) electrons. The molecule has 4 rings (SSSR count). The number of rotatable bonds is 8. The number of anilines is 3. The van der Waals surface area contributed by atoms with Crippen LogP contribution in [0.1, 0.15) is 29.9 Å². The summed E-state index contributed by atoms with van der Waals surface area (Å²) in [7, 11) is 2.08. The first-order chi connectivity index (χ1) is 16.4. The number of carbonyl (C=O) groups excluding carboxylic acids is 2. The number of hydrogen-bond acceptors (Lipinski definition) is 6. The number of aromatic nitrogens is 2. The number of carbonyl (C=O) groups is 2. The van der Waals surface area contributed by atoms with E-state index in [1.807, 2.05) is 16.7 Å². The molecule has 9 nitrogen and oxygen atoms in total. The van der Waals surface area contributed by atoms with Gasteiger partial charge in [-0.05, 0) is 42.8 Å². The first kappa shape index (κ1) is 23.7. The smallest absolute Gasteiger partial charge is 0.257 e. The topological polar surface area (TPSA) is 91.2 Å². The molecule has 0 unspecified atom stereocenters. The summed E-state index contributed by atoms with van der Waals surface area (Å²) in [4.78, 5) is 33.6. The maximum Gasteiger partial charge on any atom is 0.257 e. The first-order valence-electron chi connectivity index (χ1n) is 11.7. The summed E-state index contributed by atoms with van der Waals surface area (Å²) in [5.41, 5.74) is 3.71. The van der Waals surface area contributed by atoms with Crippen molar-refractivity contribution in [2.24, 2.45) is 0 Å². The molecule has 1 fully saturated rings. The standard InChI is InChI=1S/C25H32N6O3/c1-4-22-25(29(3)11-12-30-13-15-34-16-14-30)31-17-19(5-10-23(31)28-22)24(33)27-21-8-6-20(7-9-21)26-18(2)32/h5-10,17H,4,11-16H2,1-3H3,(H,26,32)(H,27,33). The Bertz CT molecular complexity index is 1150. The Hall–Kier alpha value is -3.43. The van der Waals surface area contributed by atoms with Crippen LogP contribution in [0, 0.1) is 0 Å². The van der Waals surface area contributed by atoms with Crippen molar-refractivity contribution in [1.29, 1.82) is 0 Å². The van der Waals surface area contributed by atoms with Gasteiger partial charge in [0.2, 0.25) is 5.91 Å². The van der Waals surface area contributed by atoms with E-state index in [-0.39, 0.29) is 11.8 Å². The molecular weight excluding hydrogens is 432 g/mol. The number of aryl methyl sites for hydroxylation is 1. The highest BCUT2D eigenvalue weighted by Crippen LogP contribution is 2.24. The number of benzene rings is 1. The van der Waals surface area contributed by atoms with E-state index in [9.17, 15) is 9.59 Å². The summed E-state index contributed by atoms with van der Waals surface area (Å²) >= 11 is 0. The Kier molecular flexibility index (Phi) is 7.44. The van der Waals surface area contributed by atoms with E-state index < -0.39 is 0 Å². The van der Waals surface area contributed by atoms with Crippen LogP contribution in [0.3, 0.4) is 0 Å². The molecule has 0 bridgehead atoms. The van der Waals surface area contributed by atoms with Crippen molar-refractivity contribution in [1.82, 2.24) is 14.3 Å². The zero-order chi connectivity index (χ0) is 24.1. The van der Waals surface area contributed by atoms with Gasteiger partial charge in [0.25, 0.3) is 5.91 Å². The summed E-state index contributed by atoms with van der Waals surface area (Å²) in [5.74, 6) is 0.672. The van der Waals surface area contributed by atoms with Crippen molar-refractivity contribution >= 4 is 34.7 Å². The molecule has 2 aromatic heterocycles. The van der Waals surface area contributed by atoms with E-state index in [2.05, 4.69) is 34.4 Å². The van der Waals surface area contributed by atoms with Crippen LogP contribution in [0.4, 0.5) is 17.2 Å². The average molecular weight is 465 g/mol. The fourth-order valence-corrected chi connectivity index (χ4v) is 4.12. The zero-order valence-electron chi connectivity index (χ0n) is 20.0. The highest BCUT2D eigenvalue weighted by molar-refractivity contribution is 6.04. The van der Waals surface area contributed by atoms with Crippen LogP contribution in [0.2, 0.25) is 0 Å². The number of amides is 2. The second kappa shape index (κ2) is 10.7. The molecule has 1 aromatic carbocycles. The minimum absolute atomic E-state index is 0.136. The van der Waals surface area contributed by atoms with E-state index in [1.54, 1.807) is 30.3 Å². The number of fused-ring (bicyclic) bond motifs is 1. The first-order valence-corrected chi connectivity index (χ1v) is 11.7. The molecule has 3 heterocycles. The lowest BCUT2D eigenvalue weighted by Gasteiger charge is -2.29. The zero-order valence-corrected chi connectivity index (χ0v) is 20.0. The van der Waals surface area contributed by atoms with Gasteiger partial charge >= 0.3 is 0 Å². The summed E-state index contributed by atoms with van der Waals surface area (Å²) in [6.45, 7) is 8.85. The Balaban J connectivity index is 1.51. The number of likely N-dealkylation sites (N-methyl/N-ethyl adjacent to an activating group) is 1. The molecule has 0 aliphatic carbocycles. The van der Waals surface area contributed by atoms with Crippen LogP contribution in [0.25, 0.3) is 5.65 Å². The molecule has 0 saturated carbocycles. The van der Waals surface area contributed by atoms with Crippen molar-refractivity contribution < 1.29 is 14.3 Å². The molecule has 1 aliphatic heterocycles. The Morgan fingerprint density at radius 2 is 1.74 bits per heavy atom. The second-order valence-electron chi connectivity index (χ2n) is 8.47. The van der Waals surface area contributed by atoms with Gasteiger partial charge < -0.3 is 20.3 Å². The molecule has 180 valence electrons. The van der Waals surface area contributed by atoms with Gasteiger partial charge in [0.1, 0.15) is 11.5 Å². The van der Waals surface area contributed by atoms with Crippen LogP contribution < -0.4 is 15.5 Å². The number of ether oxygens (including phenoxy) is 1. The Morgan fingerprint density at radius 3 is 2.38 bits per heavy atom. The van der Waals surface area contributed by atoms with Crippen molar-refractivity contribution in [2.45, 2.75) is 20.3 Å². The largest absolute Gasteiger partial charge is 0.379 e. The minimum atomic E-state index is -0.206. The predicted octanol–water partition coefficient (Wildman–Crippen LogP) is 2.88. The third kappa shape index (κ3) is 5.55. The van der Waals surface area contributed by atoms with E-state index in [0.29, 0.717) is 16.9 Å². The van der Waals surface area contributed by atoms with Crippen LogP contribution >= 0.6 is 0 Å². The van der Waals surface area contributed by atoms with Gasteiger partial charge in [0.15, 0.2) is 0 Å². The lowest BCUT2D eigenvalue weighted by Crippen LogP contribution is -2.41. The monoisotopic (exact) mass is 464 g/mol. The molecule has 9 heteroatoms. The molecule has 3 aromatic rings. The van der Waals surface area contributed by atoms with E-state index in [1.165, 1.54) is 6.92 Å². The molecule has 0 atom stereocenters. The molecular formula is C25H32N6O3. The summed E-state index contributed by atoms with van der Waals surface area (Å²) < 4.78 is 7.46. The lowest BCUT2D eigenvalue weighted by molar-refractivity contribution is -0.114. The van der Waals surface area contributed by atoms with E-state index in [4.69, 9.17) is 9.72 Å². The number of imidazole rings is 1. The van der Waals surface area contributed by atoms with Crippen LogP contribution in [-0.4, -0.2) is 72.5 Å². The van der Waals surface area contributed by atoms with Crippen molar-refractivity contribution in [2.75, 3.05) is 62.0 Å². The number of hydrogen-bond donors (Lipinski definition) is 2. The molecule has 1 saturated heterocycles. The number of morpholine rings is 1. The molecule has 1 aliphatic rings. The lowest BCUT2D eigenvalue weighted by atomic mass is 10.2. The summed E-state index contributed by atoms with van der Waals surface area (Å²) in [6, 6.07) is 10.7. The SMILES string of the molecule is CCc1nc2ccc(C(=O)Nc3ccc(NC(C)=O)cc3)cn2c1N(C)CCN1CCOCC1. The highest BCUT2D eigenvalue weighted by atomic mass is 16.5. The Morgan fingerprint density at radius 1 is 1.06 bits per heavy atom. The predicted molar refractivity (Wildman–Crippen MR) is 134 cm³/mol. The normalized spacial score (nSPS) is 14.2. The fraction of sp³-hybridized carbons (Fsp3) is 0.400. The van der Waals surface area contributed by atoms with Crippen LogP contribution in [-0.2, 0) is 16.0 Å². The highest BCUT2D eigenvalue weighted by Gasteiger charge is 2.18. The van der Waals surface area contributed by atoms with Crippen molar-refractivity contribution in [3.8, 4) is 0 Å². The van der Waals surface area contributed by atoms with Gasteiger partial charge in [0, 0.05) is 57.7 Å². The van der Waals surface area contributed by atoms with Crippen LogP contribution in [0.15, 0.2) is 42.6 Å². The van der Waals surface area contributed by atoms with Gasteiger partial charge in [-0.15, -0.1) is 0 Å². The maximum atomic E-state index is 13.0. The third-order valence-electron chi connectivity index (χ3n) is 5.94. The van der Waals surface area contributed by atoms with Gasteiger partial charge in [-0.1, -0.05) is 6.92 Å². The second-order valence-corrected chi connectivity index (χ2v) is 8.47. The Labute approximate surface area is 199 Å². The molecule has 2 N–H and O–H groups in total. The summed E-state index contributed by atoms with van der Waals surface area (Å²) in [6.07, 6.45) is 2.66. The molecule has 0 spiro atoms. The number of nitrogens with one attached hydrogen (secondary N) is 2. The van der Waals surface area contributed by atoms with E-state index in [0.717, 1.165) is 63.0 Å². The van der Waals surface area contributed by atoms with Crippen LogP contribution in [0.5, 0.6) is 0 Å². The average Bonchev–Trinajstić information content (AvgIpc) is 3.22. The van der Waals surface area contributed by atoms with E-state index >= 15 is 0 Å². The van der Waals surface area contributed by atoms with Gasteiger partial charge in [-0.2, -0.15) is 0 Å². The number of nitrogens with zero attached hydrogens (tertiary/aromatic N) is 4. The maximum absolute atomic E-state index is 13.0. The quantitative estimate of drug-likeness (QED) is 0.533. The number of pyridine rings is 1. The third-order valence-corrected chi connectivity index (χ3v) is 5.94. The molecule has 34 heavy (non-hydrogen) atoms. The van der Waals surface area contributed by atoms with Crippen molar-refractivity contribution in [3.63, 3.8) is 0 Å². The summed E-state index contributed by atoms with van der Waals surface area (Å²) in [5, 5.41) is 5.64. The minimum Gasteiger partial charge on any atom is -0.379 e. The van der Waals surface area contributed by atoms with Gasteiger partial charge in [-0.3, -0.25) is 18.9 Å².